The molecular formula is C29H33N3O3S. The van der Waals surface area contributed by atoms with Crippen LogP contribution in [0.25, 0.3) is 21.3 Å². The molecule has 2 atom stereocenters. The van der Waals surface area contributed by atoms with Crippen LogP contribution in [0, 0.1) is 6.92 Å². The highest BCUT2D eigenvalue weighted by molar-refractivity contribution is 7.18. The molecule has 1 fully saturated rings. The topological polar surface area (TPSA) is 58.1 Å². The predicted molar refractivity (Wildman–Crippen MR) is 146 cm³/mol. The van der Waals surface area contributed by atoms with Crippen molar-refractivity contribution in [3.8, 4) is 22.6 Å². The van der Waals surface area contributed by atoms with Crippen LogP contribution in [0.3, 0.4) is 0 Å². The Kier molecular flexibility index (Phi) is 7.82. The summed E-state index contributed by atoms with van der Waals surface area (Å²) in [4.78, 5) is 9.18. The molecule has 4 aromatic rings. The van der Waals surface area contributed by atoms with Crippen molar-refractivity contribution in [3.05, 3.63) is 77.8 Å². The Morgan fingerprint density at radius 1 is 0.917 bits per heavy atom. The molecule has 0 radical (unpaired) electrons. The molecule has 1 unspecified atom stereocenters. The summed E-state index contributed by atoms with van der Waals surface area (Å²) in [6.07, 6.45) is -0.990. The number of fused-ring (bicyclic) bond motifs is 1. The lowest BCUT2D eigenvalue weighted by Gasteiger charge is -2.40. The van der Waals surface area contributed by atoms with Crippen molar-refractivity contribution in [2.24, 2.45) is 0 Å². The Hall–Kier alpha value is -2.97. The molecule has 6 nitrogen and oxygen atoms in total. The van der Waals surface area contributed by atoms with Gasteiger partial charge in [-0.15, -0.1) is 11.3 Å². The summed E-state index contributed by atoms with van der Waals surface area (Å²) in [7, 11) is 0. The molecule has 0 bridgehead atoms. The summed E-state index contributed by atoms with van der Waals surface area (Å²) in [5, 5.41) is 11.5. The molecule has 0 spiro atoms. The van der Waals surface area contributed by atoms with Crippen molar-refractivity contribution in [2.75, 3.05) is 39.3 Å². The second-order valence-electron chi connectivity index (χ2n) is 9.23. The van der Waals surface area contributed by atoms with Crippen LogP contribution in [0.1, 0.15) is 11.9 Å². The number of aromatic nitrogens is 1. The third-order valence-corrected chi connectivity index (χ3v) is 7.49. The van der Waals surface area contributed by atoms with Crippen molar-refractivity contribution >= 4 is 21.6 Å². The van der Waals surface area contributed by atoms with Gasteiger partial charge in [0, 0.05) is 38.8 Å². The van der Waals surface area contributed by atoms with Gasteiger partial charge in [0.1, 0.15) is 24.2 Å². The molecule has 1 aliphatic rings. The van der Waals surface area contributed by atoms with Crippen LogP contribution in [0.4, 0.5) is 0 Å². The van der Waals surface area contributed by atoms with Gasteiger partial charge in [-0.05, 0) is 49.2 Å². The zero-order valence-electron chi connectivity index (χ0n) is 20.8. The summed E-state index contributed by atoms with van der Waals surface area (Å²) in [6, 6.07) is 24.6. The monoisotopic (exact) mass is 503 g/mol. The van der Waals surface area contributed by atoms with Crippen molar-refractivity contribution in [1.82, 2.24) is 14.8 Å². The summed E-state index contributed by atoms with van der Waals surface area (Å²) in [6.45, 7) is 8.80. The maximum atomic E-state index is 10.5. The van der Waals surface area contributed by atoms with E-state index in [1.165, 1.54) is 11.1 Å². The van der Waals surface area contributed by atoms with Gasteiger partial charge in [-0.1, -0.05) is 42.5 Å². The fourth-order valence-corrected chi connectivity index (χ4v) is 5.43. The van der Waals surface area contributed by atoms with E-state index in [0.29, 0.717) is 6.61 Å². The minimum atomic E-state index is -0.605. The molecule has 0 saturated carbocycles. The quantitative estimate of drug-likeness (QED) is 0.345. The molecule has 7 heteroatoms. The van der Waals surface area contributed by atoms with Crippen LogP contribution in [-0.2, 0) is 0 Å². The zero-order chi connectivity index (χ0) is 24.9. The number of aliphatic hydroxyl groups excluding tert-OH is 1. The molecule has 36 heavy (non-hydrogen) atoms. The molecule has 0 aliphatic carbocycles. The van der Waals surface area contributed by atoms with Gasteiger partial charge < -0.3 is 14.6 Å². The molecule has 1 aromatic heterocycles. The molecule has 0 amide bonds. The summed E-state index contributed by atoms with van der Waals surface area (Å²) in [5.41, 5.74) is 3.34. The van der Waals surface area contributed by atoms with E-state index < -0.39 is 6.10 Å². The third kappa shape index (κ3) is 6.05. The number of nitrogens with zero attached hydrogens (tertiary/aromatic N) is 3. The molecule has 5 rings (SSSR count). The number of aliphatic hydroxyl groups is 1. The summed E-state index contributed by atoms with van der Waals surface area (Å²) < 4.78 is 13.4. The summed E-state index contributed by atoms with van der Waals surface area (Å²) in [5.74, 6) is 1.64. The van der Waals surface area contributed by atoms with Gasteiger partial charge in [-0.25, -0.2) is 4.98 Å². The number of rotatable bonds is 9. The smallest absolute Gasteiger partial charge is 0.178 e. The van der Waals surface area contributed by atoms with E-state index in [1.807, 2.05) is 43.3 Å². The van der Waals surface area contributed by atoms with Gasteiger partial charge in [0.15, 0.2) is 6.23 Å². The van der Waals surface area contributed by atoms with Gasteiger partial charge in [0.05, 0.1) is 15.2 Å². The van der Waals surface area contributed by atoms with Crippen LogP contribution in [0.15, 0.2) is 72.8 Å². The zero-order valence-corrected chi connectivity index (χ0v) is 21.7. The second-order valence-corrected chi connectivity index (χ2v) is 10.5. The number of ether oxygens (including phenoxy) is 2. The average Bonchev–Trinajstić information content (AvgIpc) is 3.28. The number of hydrogen-bond acceptors (Lipinski definition) is 7. The van der Waals surface area contributed by atoms with Crippen molar-refractivity contribution in [1.29, 1.82) is 0 Å². The van der Waals surface area contributed by atoms with Crippen LogP contribution in [-0.4, -0.2) is 71.6 Å². The standard InChI is InChI=1S/C29H33N3O3S/c1-21(33)29(35-26-12-13-28-27(20-26)30-22(2)36-28)32-16-14-31(15-17-32)18-19-34-25-10-8-24(9-11-25)23-6-4-3-5-7-23/h3-13,20-21,29,33H,14-19H2,1-2H3/t21-,29?/m1/s1. The maximum Gasteiger partial charge on any atom is 0.178 e. The Bertz CT molecular complexity index is 1250. The first-order chi connectivity index (χ1) is 17.5. The molecule has 2 heterocycles. The predicted octanol–water partition coefficient (Wildman–Crippen LogP) is 5.05. The maximum absolute atomic E-state index is 10.5. The minimum absolute atomic E-state index is 0.385. The Labute approximate surface area is 216 Å². The lowest BCUT2D eigenvalue weighted by atomic mass is 10.1. The van der Waals surface area contributed by atoms with E-state index in [-0.39, 0.29) is 6.23 Å². The first-order valence-corrected chi connectivity index (χ1v) is 13.3. The van der Waals surface area contributed by atoms with Crippen molar-refractivity contribution in [2.45, 2.75) is 26.2 Å². The van der Waals surface area contributed by atoms with Crippen LogP contribution >= 0.6 is 11.3 Å². The number of thiazole rings is 1. The fourth-order valence-electron chi connectivity index (χ4n) is 4.62. The Morgan fingerprint density at radius 2 is 1.61 bits per heavy atom. The Balaban J connectivity index is 1.09. The highest BCUT2D eigenvalue weighted by Crippen LogP contribution is 2.27. The minimum Gasteiger partial charge on any atom is -0.492 e. The van der Waals surface area contributed by atoms with E-state index in [9.17, 15) is 5.11 Å². The first kappa shape index (κ1) is 24.7. The first-order valence-electron chi connectivity index (χ1n) is 12.5. The van der Waals surface area contributed by atoms with Gasteiger partial charge in [-0.3, -0.25) is 9.80 Å². The second kappa shape index (κ2) is 11.4. The highest BCUT2D eigenvalue weighted by Gasteiger charge is 2.28. The van der Waals surface area contributed by atoms with E-state index in [4.69, 9.17) is 9.47 Å². The molecular weight excluding hydrogens is 470 g/mol. The number of hydrogen-bond donors (Lipinski definition) is 1. The highest BCUT2D eigenvalue weighted by atomic mass is 32.1. The van der Waals surface area contributed by atoms with Gasteiger partial charge >= 0.3 is 0 Å². The molecule has 188 valence electrons. The van der Waals surface area contributed by atoms with E-state index in [1.54, 1.807) is 18.3 Å². The largest absolute Gasteiger partial charge is 0.492 e. The SMILES string of the molecule is Cc1nc2cc(OC([C@@H](C)O)N3CCN(CCOc4ccc(-c5ccccc5)cc4)CC3)ccc2s1. The normalized spacial score (nSPS) is 16.6. The number of benzene rings is 3. The van der Waals surface area contributed by atoms with E-state index >= 15 is 0 Å². The fraction of sp³-hybridized carbons (Fsp3) is 0.345. The molecule has 1 N–H and O–H groups in total. The third-order valence-electron chi connectivity index (χ3n) is 6.54. The van der Waals surface area contributed by atoms with Gasteiger partial charge in [0.2, 0.25) is 0 Å². The molecule has 1 saturated heterocycles. The number of piperazine rings is 1. The molecule has 1 aliphatic heterocycles. The lowest BCUT2D eigenvalue weighted by molar-refractivity contribution is -0.0749. The average molecular weight is 504 g/mol. The van der Waals surface area contributed by atoms with Crippen molar-refractivity contribution in [3.63, 3.8) is 0 Å². The van der Waals surface area contributed by atoms with Gasteiger partial charge in [-0.2, -0.15) is 0 Å². The van der Waals surface area contributed by atoms with Crippen molar-refractivity contribution < 1.29 is 14.6 Å². The Morgan fingerprint density at radius 3 is 2.33 bits per heavy atom. The van der Waals surface area contributed by atoms with Crippen LogP contribution in [0.5, 0.6) is 11.5 Å². The van der Waals surface area contributed by atoms with Crippen LogP contribution in [0.2, 0.25) is 0 Å². The van der Waals surface area contributed by atoms with E-state index in [2.05, 4.69) is 51.2 Å². The van der Waals surface area contributed by atoms with Gasteiger partial charge in [0.25, 0.3) is 0 Å². The van der Waals surface area contributed by atoms with E-state index in [0.717, 1.165) is 59.4 Å². The number of aryl methyl sites for hydroxylation is 1. The molecule has 3 aromatic carbocycles. The lowest BCUT2D eigenvalue weighted by Crippen LogP contribution is -2.55. The summed E-state index contributed by atoms with van der Waals surface area (Å²) >= 11 is 1.68. The van der Waals surface area contributed by atoms with Crippen LogP contribution < -0.4 is 9.47 Å².